The van der Waals surface area contributed by atoms with Gasteiger partial charge in [0.05, 0.1) is 22.7 Å². The number of carbonyl (C=O) groups excluding carboxylic acids is 1. The number of nitrogens with zero attached hydrogens (tertiary/aromatic N) is 1. The van der Waals surface area contributed by atoms with Gasteiger partial charge >= 0.3 is 0 Å². The summed E-state index contributed by atoms with van der Waals surface area (Å²) < 4.78 is 6.44. The molecule has 0 spiro atoms. The van der Waals surface area contributed by atoms with Crippen LogP contribution in [0.5, 0.6) is 5.75 Å². The number of fused-ring (bicyclic) bond motifs is 1. The molecule has 0 atom stereocenters. The second kappa shape index (κ2) is 6.01. The third kappa shape index (κ3) is 2.92. The van der Waals surface area contributed by atoms with Crippen LogP contribution in [-0.2, 0) is 10.2 Å². The van der Waals surface area contributed by atoms with Crippen molar-refractivity contribution in [2.45, 2.75) is 19.3 Å². The van der Waals surface area contributed by atoms with Gasteiger partial charge in [-0.25, -0.2) is 4.98 Å². The van der Waals surface area contributed by atoms with Gasteiger partial charge in [0.15, 0.2) is 5.13 Å². The molecule has 0 bridgehead atoms. The van der Waals surface area contributed by atoms with Crippen LogP contribution < -0.4 is 10.1 Å². The van der Waals surface area contributed by atoms with Gasteiger partial charge in [-0.3, -0.25) is 4.79 Å². The Hall–Kier alpha value is -2.40. The number of hydrogen-bond donors (Lipinski definition) is 1. The number of para-hydroxylation sites is 2. The zero-order chi connectivity index (χ0) is 16.4. The van der Waals surface area contributed by atoms with Gasteiger partial charge in [-0.15, -0.1) is 0 Å². The smallest absolute Gasteiger partial charge is 0.236 e. The molecule has 0 aliphatic rings. The molecule has 0 aliphatic heterocycles. The van der Waals surface area contributed by atoms with E-state index in [1.165, 1.54) is 11.3 Å². The molecule has 2 aromatic carbocycles. The number of carbonyl (C=O) groups is 1. The third-order valence-corrected chi connectivity index (χ3v) is 4.81. The lowest BCUT2D eigenvalue weighted by Gasteiger charge is -2.25. The van der Waals surface area contributed by atoms with Crippen LogP contribution in [0.3, 0.4) is 0 Å². The molecule has 5 heteroatoms. The second-order valence-electron chi connectivity index (χ2n) is 5.77. The molecule has 1 heterocycles. The van der Waals surface area contributed by atoms with Gasteiger partial charge in [-0.05, 0) is 32.0 Å². The zero-order valence-electron chi connectivity index (χ0n) is 13.3. The van der Waals surface area contributed by atoms with E-state index in [0.717, 1.165) is 15.8 Å². The maximum atomic E-state index is 12.8. The summed E-state index contributed by atoms with van der Waals surface area (Å²) in [5.74, 6) is 0.595. The topological polar surface area (TPSA) is 51.2 Å². The van der Waals surface area contributed by atoms with E-state index in [1.54, 1.807) is 7.11 Å². The minimum absolute atomic E-state index is 0.110. The number of aromatic nitrogens is 1. The molecule has 0 aliphatic carbocycles. The summed E-state index contributed by atoms with van der Waals surface area (Å²) >= 11 is 1.47. The Morgan fingerprint density at radius 3 is 2.57 bits per heavy atom. The van der Waals surface area contributed by atoms with Gasteiger partial charge in [0.1, 0.15) is 5.75 Å². The SMILES string of the molecule is COc1ccccc1C(C)(C)C(=O)Nc1nc2ccccc2s1. The van der Waals surface area contributed by atoms with E-state index in [9.17, 15) is 4.79 Å². The second-order valence-corrected chi connectivity index (χ2v) is 6.80. The number of rotatable bonds is 4. The number of amides is 1. The number of thiazole rings is 1. The average Bonchev–Trinajstić information content (AvgIpc) is 2.96. The van der Waals surface area contributed by atoms with Crippen LogP contribution in [0.4, 0.5) is 5.13 Å². The molecule has 3 rings (SSSR count). The zero-order valence-corrected chi connectivity index (χ0v) is 14.1. The first kappa shape index (κ1) is 15.5. The number of hydrogen-bond acceptors (Lipinski definition) is 4. The van der Waals surface area contributed by atoms with E-state index in [2.05, 4.69) is 10.3 Å². The molecular formula is C18H18N2O2S. The number of ether oxygens (including phenoxy) is 1. The van der Waals surface area contributed by atoms with Gasteiger partial charge in [-0.1, -0.05) is 41.7 Å². The van der Waals surface area contributed by atoms with Crippen molar-refractivity contribution in [3.63, 3.8) is 0 Å². The van der Waals surface area contributed by atoms with E-state index in [1.807, 2.05) is 62.4 Å². The first-order chi connectivity index (χ1) is 11.0. The lowest BCUT2D eigenvalue weighted by molar-refractivity contribution is -0.120. The number of anilines is 1. The molecule has 0 fully saturated rings. The Labute approximate surface area is 139 Å². The highest BCUT2D eigenvalue weighted by Crippen LogP contribution is 2.33. The molecule has 4 nitrogen and oxygen atoms in total. The third-order valence-electron chi connectivity index (χ3n) is 3.86. The Morgan fingerprint density at radius 1 is 1.13 bits per heavy atom. The Kier molecular flexibility index (Phi) is 4.05. The van der Waals surface area contributed by atoms with Crippen LogP contribution in [0.1, 0.15) is 19.4 Å². The van der Waals surface area contributed by atoms with Gasteiger partial charge in [0, 0.05) is 5.56 Å². The summed E-state index contributed by atoms with van der Waals surface area (Å²) in [6, 6.07) is 15.4. The molecule has 0 saturated heterocycles. The van der Waals surface area contributed by atoms with Crippen LogP contribution >= 0.6 is 11.3 Å². The van der Waals surface area contributed by atoms with Crippen LogP contribution in [0, 0.1) is 0 Å². The fourth-order valence-electron chi connectivity index (χ4n) is 2.46. The van der Waals surface area contributed by atoms with Gasteiger partial charge in [0.2, 0.25) is 5.91 Å². The lowest BCUT2D eigenvalue weighted by Crippen LogP contribution is -2.35. The normalized spacial score (nSPS) is 11.4. The molecule has 0 unspecified atom stereocenters. The van der Waals surface area contributed by atoms with E-state index in [0.29, 0.717) is 10.9 Å². The first-order valence-electron chi connectivity index (χ1n) is 7.33. The predicted octanol–water partition coefficient (Wildman–Crippen LogP) is 4.22. The van der Waals surface area contributed by atoms with Crippen LogP contribution in [0.2, 0.25) is 0 Å². The summed E-state index contributed by atoms with van der Waals surface area (Å²) in [5, 5.41) is 3.54. The fourth-order valence-corrected chi connectivity index (χ4v) is 3.32. The number of benzene rings is 2. The van der Waals surface area contributed by atoms with Gasteiger partial charge in [-0.2, -0.15) is 0 Å². The standard InChI is InChI=1S/C18H18N2O2S/c1-18(2,12-8-4-6-10-14(12)22-3)16(21)20-17-19-13-9-5-7-11-15(13)23-17/h4-11H,1-3H3,(H,19,20,21). The maximum absolute atomic E-state index is 12.8. The molecule has 3 aromatic rings. The highest BCUT2D eigenvalue weighted by atomic mass is 32.1. The summed E-state index contributed by atoms with van der Waals surface area (Å²) in [5.41, 5.74) is 1.01. The molecule has 118 valence electrons. The van der Waals surface area contributed by atoms with Crippen molar-refractivity contribution in [2.75, 3.05) is 12.4 Å². The van der Waals surface area contributed by atoms with Crippen LogP contribution in [-0.4, -0.2) is 18.0 Å². The van der Waals surface area contributed by atoms with Crippen molar-refractivity contribution in [2.24, 2.45) is 0 Å². The van der Waals surface area contributed by atoms with Gasteiger partial charge < -0.3 is 10.1 Å². The summed E-state index contributed by atoms with van der Waals surface area (Å²) in [7, 11) is 1.61. The summed E-state index contributed by atoms with van der Waals surface area (Å²) in [6.45, 7) is 3.76. The Morgan fingerprint density at radius 2 is 1.83 bits per heavy atom. The molecule has 1 aromatic heterocycles. The monoisotopic (exact) mass is 326 g/mol. The Balaban J connectivity index is 1.89. The van der Waals surface area contributed by atoms with Crippen molar-refractivity contribution >= 4 is 32.6 Å². The largest absolute Gasteiger partial charge is 0.496 e. The predicted molar refractivity (Wildman–Crippen MR) is 94.3 cm³/mol. The van der Waals surface area contributed by atoms with E-state index < -0.39 is 5.41 Å². The molecule has 23 heavy (non-hydrogen) atoms. The number of methoxy groups -OCH3 is 1. The summed E-state index contributed by atoms with van der Waals surface area (Å²) in [4.78, 5) is 17.2. The molecule has 1 amide bonds. The molecule has 0 saturated carbocycles. The molecule has 1 N–H and O–H groups in total. The highest BCUT2D eigenvalue weighted by molar-refractivity contribution is 7.22. The minimum Gasteiger partial charge on any atom is -0.496 e. The van der Waals surface area contributed by atoms with E-state index in [4.69, 9.17) is 4.74 Å². The maximum Gasteiger partial charge on any atom is 0.236 e. The van der Waals surface area contributed by atoms with Crippen molar-refractivity contribution in [1.29, 1.82) is 0 Å². The van der Waals surface area contributed by atoms with E-state index >= 15 is 0 Å². The van der Waals surface area contributed by atoms with Crippen LogP contribution in [0.25, 0.3) is 10.2 Å². The first-order valence-corrected chi connectivity index (χ1v) is 8.14. The fraction of sp³-hybridized carbons (Fsp3) is 0.222. The van der Waals surface area contributed by atoms with E-state index in [-0.39, 0.29) is 5.91 Å². The lowest BCUT2D eigenvalue weighted by atomic mass is 9.83. The molecule has 0 radical (unpaired) electrons. The van der Waals surface area contributed by atoms with Crippen molar-refractivity contribution < 1.29 is 9.53 Å². The Bertz CT molecular complexity index is 822. The highest BCUT2D eigenvalue weighted by Gasteiger charge is 2.33. The van der Waals surface area contributed by atoms with Crippen LogP contribution in [0.15, 0.2) is 48.5 Å². The van der Waals surface area contributed by atoms with Crippen molar-refractivity contribution in [1.82, 2.24) is 4.98 Å². The van der Waals surface area contributed by atoms with Gasteiger partial charge in [0.25, 0.3) is 0 Å². The summed E-state index contributed by atoms with van der Waals surface area (Å²) in [6.07, 6.45) is 0. The van der Waals surface area contributed by atoms with Crippen molar-refractivity contribution in [3.05, 3.63) is 54.1 Å². The molecular weight excluding hydrogens is 308 g/mol. The number of nitrogens with one attached hydrogen (secondary N) is 1. The minimum atomic E-state index is -0.732. The average molecular weight is 326 g/mol. The van der Waals surface area contributed by atoms with Crippen molar-refractivity contribution in [3.8, 4) is 5.75 Å². The quantitative estimate of drug-likeness (QED) is 0.781.